The van der Waals surface area contributed by atoms with Gasteiger partial charge in [0.1, 0.15) is 42.1 Å². The zero-order chi connectivity index (χ0) is 20.2. The second-order valence-corrected chi connectivity index (χ2v) is 6.99. The summed E-state index contributed by atoms with van der Waals surface area (Å²) < 4.78 is 22.3. The van der Waals surface area contributed by atoms with Crippen molar-refractivity contribution in [3.8, 4) is 17.2 Å². The molecular formula is C22H16Cl2O5. The van der Waals surface area contributed by atoms with Crippen molar-refractivity contribution in [2.75, 3.05) is 13.2 Å². The predicted octanol–water partition coefficient (Wildman–Crippen LogP) is 5.83. The Labute approximate surface area is 177 Å². The Morgan fingerprint density at radius 1 is 1.03 bits per heavy atom. The quantitative estimate of drug-likeness (QED) is 0.363. The fraction of sp³-hybridized carbons (Fsp3) is 0.136. The maximum atomic E-state index is 12.4. The molecule has 29 heavy (non-hydrogen) atoms. The third kappa shape index (κ3) is 4.58. The fourth-order valence-corrected chi connectivity index (χ4v) is 3.10. The molecule has 0 bridgehead atoms. The first kappa shape index (κ1) is 19.4. The van der Waals surface area contributed by atoms with Crippen LogP contribution < -0.4 is 14.2 Å². The molecule has 0 saturated carbocycles. The van der Waals surface area contributed by atoms with E-state index < -0.39 is 0 Å². The van der Waals surface area contributed by atoms with Gasteiger partial charge in [-0.15, -0.1) is 0 Å². The molecule has 0 spiro atoms. The van der Waals surface area contributed by atoms with Crippen molar-refractivity contribution in [2.45, 2.75) is 6.61 Å². The largest absolute Gasteiger partial charge is 0.486 e. The summed E-state index contributed by atoms with van der Waals surface area (Å²) in [5.74, 6) is 2.65. The molecular weight excluding hydrogens is 415 g/mol. The summed E-state index contributed by atoms with van der Waals surface area (Å²) in [5, 5.41) is 0.774. The molecule has 5 nitrogen and oxygen atoms in total. The molecule has 0 N–H and O–H groups in total. The summed E-state index contributed by atoms with van der Waals surface area (Å²) in [6, 6.07) is 13.8. The molecule has 0 unspecified atom stereocenters. The number of allylic oxidation sites excluding steroid dienone is 1. The molecule has 0 fully saturated rings. The number of ether oxygens (including phenoxy) is 3. The molecule has 0 radical (unpaired) electrons. The van der Waals surface area contributed by atoms with Gasteiger partial charge in [0.15, 0.2) is 17.3 Å². The fourth-order valence-electron chi connectivity index (χ4n) is 2.76. The van der Waals surface area contributed by atoms with Crippen molar-refractivity contribution in [2.24, 2.45) is 0 Å². The van der Waals surface area contributed by atoms with Crippen LogP contribution in [0.1, 0.15) is 21.9 Å². The molecule has 0 atom stereocenters. The van der Waals surface area contributed by atoms with Crippen LogP contribution >= 0.6 is 23.2 Å². The SMILES string of the molecule is O=C(/C=C/c1ccc(COc2cccc(Cl)c2Cl)o1)c1ccc2c(c1)OCCO2. The van der Waals surface area contributed by atoms with Crippen LogP contribution in [0.5, 0.6) is 17.2 Å². The standard InChI is InChI=1S/C22H16Cl2O5/c23-17-2-1-3-20(22(17)24)28-13-16-6-5-15(29-16)7-8-18(25)14-4-9-19-21(12-14)27-11-10-26-19/h1-9,12H,10-11,13H2/b8-7+. The Hall–Kier alpha value is -2.89. The number of fused-ring (bicyclic) bond motifs is 1. The van der Waals surface area contributed by atoms with Crippen LogP contribution in [0.25, 0.3) is 6.08 Å². The van der Waals surface area contributed by atoms with Crippen LogP contribution in [-0.2, 0) is 6.61 Å². The summed E-state index contributed by atoms with van der Waals surface area (Å²) in [5.41, 5.74) is 0.510. The van der Waals surface area contributed by atoms with Gasteiger partial charge >= 0.3 is 0 Å². The second-order valence-electron chi connectivity index (χ2n) is 6.20. The maximum Gasteiger partial charge on any atom is 0.186 e. The van der Waals surface area contributed by atoms with Gasteiger partial charge in [0, 0.05) is 5.56 Å². The first-order chi connectivity index (χ1) is 14.1. The van der Waals surface area contributed by atoms with Gasteiger partial charge in [-0.25, -0.2) is 0 Å². The third-order valence-electron chi connectivity index (χ3n) is 4.19. The van der Waals surface area contributed by atoms with Gasteiger partial charge < -0.3 is 18.6 Å². The van der Waals surface area contributed by atoms with Crippen LogP contribution in [0.15, 0.2) is 59.0 Å². The van der Waals surface area contributed by atoms with E-state index in [0.717, 1.165) is 0 Å². The molecule has 1 aliphatic heterocycles. The van der Waals surface area contributed by atoms with Crippen molar-refractivity contribution in [1.29, 1.82) is 0 Å². The minimum absolute atomic E-state index is 0.165. The lowest BCUT2D eigenvalue weighted by atomic mass is 10.1. The summed E-state index contributed by atoms with van der Waals surface area (Å²) in [6.45, 7) is 1.16. The number of ketones is 1. The van der Waals surface area contributed by atoms with E-state index in [1.54, 1.807) is 54.6 Å². The Morgan fingerprint density at radius 3 is 2.72 bits per heavy atom. The van der Waals surface area contributed by atoms with E-state index in [9.17, 15) is 4.79 Å². The predicted molar refractivity (Wildman–Crippen MR) is 110 cm³/mol. The topological polar surface area (TPSA) is 57.9 Å². The number of carbonyl (C=O) groups excluding carboxylic acids is 1. The number of benzene rings is 2. The summed E-state index contributed by atoms with van der Waals surface area (Å²) in [7, 11) is 0. The van der Waals surface area contributed by atoms with Crippen LogP contribution in [0.2, 0.25) is 10.0 Å². The van der Waals surface area contributed by atoms with Gasteiger partial charge in [-0.1, -0.05) is 29.3 Å². The molecule has 2 aromatic carbocycles. The Kier molecular flexibility index (Phi) is 5.79. The minimum Gasteiger partial charge on any atom is -0.486 e. The van der Waals surface area contributed by atoms with E-state index in [4.69, 9.17) is 41.8 Å². The molecule has 148 valence electrons. The lowest BCUT2D eigenvalue weighted by Gasteiger charge is -2.18. The molecule has 2 heterocycles. The van der Waals surface area contributed by atoms with E-state index in [1.165, 1.54) is 6.08 Å². The molecule has 1 aromatic heterocycles. The molecule has 0 aliphatic carbocycles. The van der Waals surface area contributed by atoms with Crippen LogP contribution in [0.3, 0.4) is 0 Å². The highest BCUT2D eigenvalue weighted by molar-refractivity contribution is 6.42. The van der Waals surface area contributed by atoms with Crippen LogP contribution in [0, 0.1) is 0 Å². The average Bonchev–Trinajstić information content (AvgIpc) is 3.20. The lowest BCUT2D eigenvalue weighted by molar-refractivity contribution is 0.104. The molecule has 1 aliphatic rings. The number of carbonyl (C=O) groups is 1. The number of rotatable bonds is 6. The van der Waals surface area contributed by atoms with Gasteiger partial charge in [-0.05, 0) is 54.6 Å². The van der Waals surface area contributed by atoms with Gasteiger partial charge in [-0.2, -0.15) is 0 Å². The Bertz CT molecular complexity index is 1070. The monoisotopic (exact) mass is 430 g/mol. The normalized spacial score (nSPS) is 12.9. The second kappa shape index (κ2) is 8.64. The average molecular weight is 431 g/mol. The van der Waals surface area contributed by atoms with Crippen molar-refractivity contribution >= 4 is 35.1 Å². The molecule has 0 amide bonds. The van der Waals surface area contributed by atoms with Crippen molar-refractivity contribution in [3.63, 3.8) is 0 Å². The minimum atomic E-state index is -0.165. The van der Waals surface area contributed by atoms with Gasteiger partial charge in [-0.3, -0.25) is 4.79 Å². The zero-order valence-corrected chi connectivity index (χ0v) is 16.7. The number of halogens is 2. The maximum absolute atomic E-state index is 12.4. The molecule has 4 rings (SSSR count). The number of furan rings is 1. The van der Waals surface area contributed by atoms with E-state index >= 15 is 0 Å². The van der Waals surface area contributed by atoms with Crippen molar-refractivity contribution in [1.82, 2.24) is 0 Å². The molecule has 0 saturated heterocycles. The summed E-state index contributed by atoms with van der Waals surface area (Å²) in [4.78, 5) is 12.4. The molecule has 7 heteroatoms. The number of hydrogen-bond donors (Lipinski definition) is 0. The van der Waals surface area contributed by atoms with Crippen molar-refractivity contribution in [3.05, 3.63) is 81.7 Å². The summed E-state index contributed by atoms with van der Waals surface area (Å²) >= 11 is 12.1. The highest BCUT2D eigenvalue weighted by Gasteiger charge is 2.14. The first-order valence-corrected chi connectivity index (χ1v) is 9.63. The van der Waals surface area contributed by atoms with Crippen molar-refractivity contribution < 1.29 is 23.4 Å². The smallest absolute Gasteiger partial charge is 0.186 e. The zero-order valence-electron chi connectivity index (χ0n) is 15.2. The van der Waals surface area contributed by atoms with E-state index in [0.29, 0.717) is 57.6 Å². The van der Waals surface area contributed by atoms with Crippen LogP contribution in [0.4, 0.5) is 0 Å². The van der Waals surface area contributed by atoms with Crippen LogP contribution in [-0.4, -0.2) is 19.0 Å². The van der Waals surface area contributed by atoms with E-state index in [-0.39, 0.29) is 12.4 Å². The lowest BCUT2D eigenvalue weighted by Crippen LogP contribution is -2.15. The first-order valence-electron chi connectivity index (χ1n) is 8.88. The Balaban J connectivity index is 1.39. The third-order valence-corrected chi connectivity index (χ3v) is 5.00. The van der Waals surface area contributed by atoms with Gasteiger partial charge in [0.2, 0.25) is 0 Å². The number of hydrogen-bond acceptors (Lipinski definition) is 5. The van der Waals surface area contributed by atoms with E-state index in [2.05, 4.69) is 0 Å². The molecule has 3 aromatic rings. The summed E-state index contributed by atoms with van der Waals surface area (Å²) in [6.07, 6.45) is 3.05. The Morgan fingerprint density at radius 2 is 1.86 bits per heavy atom. The highest BCUT2D eigenvalue weighted by atomic mass is 35.5. The van der Waals surface area contributed by atoms with Gasteiger partial charge in [0.25, 0.3) is 0 Å². The highest BCUT2D eigenvalue weighted by Crippen LogP contribution is 2.32. The van der Waals surface area contributed by atoms with Gasteiger partial charge in [0.05, 0.1) is 5.02 Å². The van der Waals surface area contributed by atoms with E-state index in [1.807, 2.05) is 0 Å².